The van der Waals surface area contributed by atoms with Crippen LogP contribution in [0.2, 0.25) is 0 Å². The second-order valence-electron chi connectivity index (χ2n) is 9.21. The van der Waals surface area contributed by atoms with Crippen LogP contribution in [-0.2, 0) is 4.74 Å². The van der Waals surface area contributed by atoms with E-state index in [-0.39, 0.29) is 25.2 Å². The fraction of sp³-hybridized carbons (Fsp3) is 0.542. The molecule has 0 spiro atoms. The minimum absolute atomic E-state index is 0.0164. The molecule has 2 aromatic heterocycles. The van der Waals surface area contributed by atoms with Gasteiger partial charge in [0.15, 0.2) is 33.8 Å². The Morgan fingerprint density at radius 3 is 2.75 bits per heavy atom. The molecular weight excluding hydrogens is 492 g/mol. The lowest BCUT2D eigenvalue weighted by Gasteiger charge is -2.18. The predicted octanol–water partition coefficient (Wildman–Crippen LogP) is 2.62. The fourth-order valence-electron chi connectivity index (χ4n) is 4.75. The Labute approximate surface area is 210 Å². The topological polar surface area (TPSA) is 126 Å². The van der Waals surface area contributed by atoms with E-state index in [1.54, 1.807) is 17.0 Å². The van der Waals surface area contributed by atoms with Crippen LogP contribution >= 0.6 is 11.8 Å². The Hall–Kier alpha value is -2.38. The molecule has 0 radical (unpaired) electrons. The third kappa shape index (κ3) is 4.92. The molecule has 2 saturated carbocycles. The molecule has 2 aliphatic carbocycles. The minimum Gasteiger partial charge on any atom is -0.394 e. The highest BCUT2D eigenvalue weighted by Gasteiger charge is 2.44. The molecule has 12 heteroatoms. The van der Waals surface area contributed by atoms with Crippen molar-refractivity contribution in [1.29, 1.82) is 0 Å². The maximum atomic E-state index is 13.7. The summed E-state index contributed by atoms with van der Waals surface area (Å²) < 4.78 is 34.3. The van der Waals surface area contributed by atoms with E-state index in [0.717, 1.165) is 30.2 Å². The number of aromatic nitrogens is 4. The molecule has 9 nitrogen and oxygen atoms in total. The van der Waals surface area contributed by atoms with Crippen LogP contribution in [0.1, 0.15) is 43.7 Å². The second kappa shape index (κ2) is 10.5. The van der Waals surface area contributed by atoms with Crippen molar-refractivity contribution < 1.29 is 28.8 Å². The summed E-state index contributed by atoms with van der Waals surface area (Å²) in [4.78, 5) is 13.9. The summed E-state index contributed by atoms with van der Waals surface area (Å²) in [6.07, 6.45) is 0.776. The van der Waals surface area contributed by atoms with Crippen LogP contribution in [0.4, 0.5) is 14.6 Å². The number of halogens is 2. The van der Waals surface area contributed by atoms with Gasteiger partial charge >= 0.3 is 0 Å². The van der Waals surface area contributed by atoms with Gasteiger partial charge in [-0.25, -0.2) is 23.7 Å². The quantitative estimate of drug-likeness (QED) is 0.235. The van der Waals surface area contributed by atoms with Gasteiger partial charge in [0.1, 0.15) is 12.2 Å². The number of nitrogens with one attached hydrogen (secondary N) is 1. The van der Waals surface area contributed by atoms with Crippen molar-refractivity contribution in [3.05, 3.63) is 41.7 Å². The molecule has 0 amide bonds. The van der Waals surface area contributed by atoms with E-state index in [4.69, 9.17) is 14.8 Å². The molecule has 194 valence electrons. The lowest BCUT2D eigenvalue weighted by atomic mass is 10.1. The van der Waals surface area contributed by atoms with Crippen molar-refractivity contribution in [1.82, 2.24) is 19.5 Å². The highest BCUT2D eigenvalue weighted by atomic mass is 32.2. The molecule has 2 heterocycles. The number of aliphatic hydroxyl groups excluding tert-OH is 3. The van der Waals surface area contributed by atoms with Gasteiger partial charge in [-0.05, 0) is 37.0 Å². The zero-order valence-electron chi connectivity index (χ0n) is 19.7. The van der Waals surface area contributed by atoms with Crippen LogP contribution < -0.4 is 5.32 Å². The van der Waals surface area contributed by atoms with Crippen molar-refractivity contribution in [3.63, 3.8) is 0 Å². The van der Waals surface area contributed by atoms with Gasteiger partial charge in [0.2, 0.25) is 0 Å². The maximum Gasteiger partial charge on any atom is 0.191 e. The Morgan fingerprint density at radius 2 is 2.00 bits per heavy atom. The molecule has 2 aliphatic rings. The number of hydrogen-bond donors (Lipinski definition) is 4. The molecule has 5 rings (SSSR count). The first-order valence-electron chi connectivity index (χ1n) is 12.1. The van der Waals surface area contributed by atoms with Gasteiger partial charge in [-0.3, -0.25) is 0 Å². The third-order valence-corrected chi connectivity index (χ3v) is 7.75. The summed E-state index contributed by atoms with van der Waals surface area (Å²) in [6.45, 7) is 1.96. The number of nitrogens with zero attached hydrogens (tertiary/aromatic N) is 4. The summed E-state index contributed by atoms with van der Waals surface area (Å²) in [6, 6.07) is 3.44. The number of rotatable bonds is 10. The van der Waals surface area contributed by atoms with E-state index in [1.807, 2.05) is 0 Å². The molecular formula is C24H29F2N5O4S. The number of thioether (sulfide) groups is 1. The lowest BCUT2D eigenvalue weighted by Crippen LogP contribution is -2.33. The first kappa shape index (κ1) is 25.3. The molecule has 0 aliphatic heterocycles. The molecule has 0 bridgehead atoms. The molecule has 36 heavy (non-hydrogen) atoms. The van der Waals surface area contributed by atoms with Crippen LogP contribution in [-0.4, -0.2) is 78.2 Å². The number of aliphatic hydroxyl groups is 3. The van der Waals surface area contributed by atoms with E-state index in [0.29, 0.717) is 28.6 Å². The van der Waals surface area contributed by atoms with Crippen LogP contribution in [0.25, 0.3) is 11.2 Å². The number of fused-ring (bicyclic) bond motifs is 1. The highest BCUT2D eigenvalue weighted by Crippen LogP contribution is 2.44. The van der Waals surface area contributed by atoms with E-state index in [9.17, 15) is 19.0 Å². The number of benzene rings is 1. The summed E-state index contributed by atoms with van der Waals surface area (Å²) in [7, 11) is 0. The average Bonchev–Trinajstić information content (AvgIpc) is 3.41. The molecule has 0 saturated heterocycles. The lowest BCUT2D eigenvalue weighted by molar-refractivity contribution is -0.0627. The SMILES string of the molecule is CCCSc1nc(NC2CC2c2ccc(F)c(F)c2)c2ncn([C@@H]3C[C@H](OCCO)[C@@H](O)[C@H]3O)c2n1. The summed E-state index contributed by atoms with van der Waals surface area (Å²) in [5, 5.41) is 34.2. The van der Waals surface area contributed by atoms with Gasteiger partial charge in [-0.15, -0.1) is 0 Å². The fourth-order valence-corrected chi connectivity index (χ4v) is 5.45. The standard InChI is InChI=1S/C24H29F2N5O4S/c1-2-7-36-24-29-22(28-16-9-13(16)12-3-4-14(25)15(26)8-12)19-23(30-24)31(11-27-19)17-10-18(35-6-5-32)21(34)20(17)33/h3-4,8,11,13,16-18,20-21,32-34H,2,5-7,9-10H2,1H3,(H,28,29,30)/t13?,16?,17-,18+,20+,21-/m1/s1. The molecule has 2 fully saturated rings. The minimum atomic E-state index is -1.10. The Kier molecular flexibility index (Phi) is 7.40. The van der Waals surface area contributed by atoms with Crippen molar-refractivity contribution >= 4 is 28.7 Å². The number of imidazole rings is 1. The van der Waals surface area contributed by atoms with E-state index in [2.05, 4.69) is 22.2 Å². The van der Waals surface area contributed by atoms with Crippen LogP contribution in [0.5, 0.6) is 0 Å². The monoisotopic (exact) mass is 521 g/mol. The zero-order valence-corrected chi connectivity index (χ0v) is 20.5. The Balaban J connectivity index is 1.43. The normalized spacial score (nSPS) is 27.6. The Bertz CT molecular complexity index is 1230. The maximum absolute atomic E-state index is 13.7. The molecule has 1 aromatic carbocycles. The average molecular weight is 522 g/mol. The smallest absolute Gasteiger partial charge is 0.191 e. The summed E-state index contributed by atoms with van der Waals surface area (Å²) in [5.74, 6) is -0.350. The largest absolute Gasteiger partial charge is 0.394 e. The molecule has 2 unspecified atom stereocenters. The summed E-state index contributed by atoms with van der Waals surface area (Å²) in [5.41, 5.74) is 1.77. The van der Waals surface area contributed by atoms with E-state index in [1.165, 1.54) is 17.8 Å². The first-order chi connectivity index (χ1) is 17.4. The number of anilines is 1. The van der Waals surface area contributed by atoms with Crippen LogP contribution in [0, 0.1) is 11.6 Å². The Morgan fingerprint density at radius 1 is 1.17 bits per heavy atom. The highest BCUT2D eigenvalue weighted by molar-refractivity contribution is 7.99. The van der Waals surface area contributed by atoms with E-state index < -0.39 is 36.0 Å². The van der Waals surface area contributed by atoms with Crippen molar-refractivity contribution in [2.75, 3.05) is 24.3 Å². The second-order valence-corrected chi connectivity index (χ2v) is 10.3. The first-order valence-corrected chi connectivity index (χ1v) is 13.1. The van der Waals surface area contributed by atoms with Gasteiger partial charge in [-0.1, -0.05) is 24.8 Å². The number of ether oxygens (including phenoxy) is 1. The van der Waals surface area contributed by atoms with Gasteiger partial charge < -0.3 is 29.9 Å². The van der Waals surface area contributed by atoms with Gasteiger partial charge in [-0.2, -0.15) is 0 Å². The van der Waals surface area contributed by atoms with Crippen molar-refractivity contribution in [2.45, 2.75) is 67.7 Å². The van der Waals surface area contributed by atoms with Gasteiger partial charge in [0.05, 0.1) is 31.7 Å². The van der Waals surface area contributed by atoms with Gasteiger partial charge in [0, 0.05) is 17.7 Å². The molecule has 4 N–H and O–H groups in total. The summed E-state index contributed by atoms with van der Waals surface area (Å²) >= 11 is 1.51. The molecule has 3 aromatic rings. The number of hydrogen-bond acceptors (Lipinski definition) is 9. The van der Waals surface area contributed by atoms with Crippen LogP contribution in [0.3, 0.4) is 0 Å². The molecule has 6 atom stereocenters. The third-order valence-electron chi connectivity index (χ3n) is 6.70. The predicted molar refractivity (Wildman–Crippen MR) is 130 cm³/mol. The van der Waals surface area contributed by atoms with Crippen molar-refractivity contribution in [2.24, 2.45) is 0 Å². The van der Waals surface area contributed by atoms with Crippen molar-refractivity contribution in [3.8, 4) is 0 Å². The van der Waals surface area contributed by atoms with E-state index >= 15 is 0 Å². The zero-order chi connectivity index (χ0) is 25.4. The van der Waals surface area contributed by atoms with Gasteiger partial charge in [0.25, 0.3) is 0 Å². The van der Waals surface area contributed by atoms with Crippen LogP contribution in [0.15, 0.2) is 29.7 Å².